The van der Waals surface area contributed by atoms with Crippen molar-refractivity contribution in [3.8, 4) is 11.4 Å². The summed E-state index contributed by atoms with van der Waals surface area (Å²) in [7, 11) is 0. The minimum absolute atomic E-state index is 0.331. The summed E-state index contributed by atoms with van der Waals surface area (Å²) >= 11 is 12.7. The van der Waals surface area contributed by atoms with Crippen molar-refractivity contribution < 1.29 is 4.39 Å². The average Bonchev–Trinajstić information content (AvgIpc) is 2.75. The molecule has 2 aromatic carbocycles. The Balaban J connectivity index is 2.23. The molecule has 0 bridgehead atoms. The lowest BCUT2D eigenvalue weighted by molar-refractivity contribution is 0.623. The van der Waals surface area contributed by atoms with Gasteiger partial charge in [-0.15, -0.1) is 0 Å². The molecular formula is C13H6Br2ClFN2. The second kappa shape index (κ2) is 4.89. The minimum atomic E-state index is -0.331. The van der Waals surface area contributed by atoms with Gasteiger partial charge >= 0.3 is 0 Å². The van der Waals surface area contributed by atoms with Crippen LogP contribution in [0.3, 0.4) is 0 Å². The Morgan fingerprint density at radius 3 is 2.74 bits per heavy atom. The summed E-state index contributed by atoms with van der Waals surface area (Å²) in [4.78, 5) is 7.50. The summed E-state index contributed by atoms with van der Waals surface area (Å²) in [6.45, 7) is 0. The van der Waals surface area contributed by atoms with E-state index >= 15 is 0 Å². The van der Waals surface area contributed by atoms with Gasteiger partial charge < -0.3 is 4.98 Å². The molecule has 3 aromatic rings. The standard InChI is InChI=1S/C13H6Br2ClFN2/c14-6-1-2-9(16)7(3-6)13-18-11-4-8(15)10(17)5-12(11)19-13/h1-5H,(H,18,19). The fourth-order valence-corrected chi connectivity index (χ4v) is 2.71. The lowest BCUT2D eigenvalue weighted by Gasteiger charge is -2.00. The second-order valence-electron chi connectivity index (χ2n) is 3.99. The Hall–Kier alpha value is -0.910. The molecule has 2 nitrogen and oxygen atoms in total. The number of aromatic nitrogens is 2. The number of benzene rings is 2. The molecule has 0 spiro atoms. The molecule has 1 heterocycles. The number of nitrogens with zero attached hydrogens (tertiary/aromatic N) is 1. The quantitative estimate of drug-likeness (QED) is 0.566. The third kappa shape index (κ3) is 2.42. The van der Waals surface area contributed by atoms with Crippen molar-refractivity contribution in [1.82, 2.24) is 9.97 Å². The summed E-state index contributed by atoms with van der Waals surface area (Å²) in [5.41, 5.74) is 2.08. The molecule has 6 heteroatoms. The number of halogens is 4. The molecule has 0 radical (unpaired) electrons. The van der Waals surface area contributed by atoms with Crippen LogP contribution in [0.2, 0.25) is 5.02 Å². The van der Waals surface area contributed by atoms with Crippen molar-refractivity contribution in [2.45, 2.75) is 0 Å². The zero-order valence-corrected chi connectivity index (χ0v) is 13.3. The van der Waals surface area contributed by atoms with Gasteiger partial charge in [0.1, 0.15) is 11.6 Å². The van der Waals surface area contributed by atoms with Crippen molar-refractivity contribution in [3.63, 3.8) is 0 Å². The van der Waals surface area contributed by atoms with Crippen molar-refractivity contribution >= 4 is 54.5 Å². The van der Waals surface area contributed by atoms with E-state index in [9.17, 15) is 4.39 Å². The van der Waals surface area contributed by atoms with E-state index in [-0.39, 0.29) is 5.82 Å². The smallest absolute Gasteiger partial charge is 0.140 e. The van der Waals surface area contributed by atoms with Crippen LogP contribution in [0.15, 0.2) is 39.3 Å². The van der Waals surface area contributed by atoms with Crippen LogP contribution >= 0.6 is 43.5 Å². The monoisotopic (exact) mass is 402 g/mol. The topological polar surface area (TPSA) is 28.7 Å². The Morgan fingerprint density at radius 1 is 1.16 bits per heavy atom. The van der Waals surface area contributed by atoms with E-state index in [4.69, 9.17) is 11.6 Å². The molecule has 0 atom stereocenters. The third-order valence-electron chi connectivity index (χ3n) is 2.71. The summed E-state index contributed by atoms with van der Waals surface area (Å²) in [6, 6.07) is 8.54. The first kappa shape index (κ1) is 13.1. The maximum Gasteiger partial charge on any atom is 0.140 e. The highest BCUT2D eigenvalue weighted by atomic mass is 79.9. The van der Waals surface area contributed by atoms with Crippen LogP contribution < -0.4 is 0 Å². The molecule has 0 saturated heterocycles. The zero-order valence-electron chi connectivity index (χ0n) is 9.35. The summed E-state index contributed by atoms with van der Waals surface area (Å²) in [5.74, 6) is 0.279. The highest BCUT2D eigenvalue weighted by Gasteiger charge is 2.11. The number of H-pyrrole nitrogens is 1. The van der Waals surface area contributed by atoms with Crippen LogP contribution in [0, 0.1) is 5.82 Å². The molecule has 0 aliphatic rings. The molecule has 0 saturated carbocycles. The van der Waals surface area contributed by atoms with E-state index in [1.807, 2.05) is 12.1 Å². The number of imidazole rings is 1. The average molecular weight is 404 g/mol. The Kier molecular flexibility index (Phi) is 3.37. The molecule has 0 fully saturated rings. The molecule has 19 heavy (non-hydrogen) atoms. The normalized spacial score (nSPS) is 11.2. The predicted octanol–water partition coefficient (Wildman–Crippen LogP) is 5.55. The first-order chi connectivity index (χ1) is 9.04. The number of fused-ring (bicyclic) bond motifs is 1. The van der Waals surface area contributed by atoms with E-state index in [1.54, 1.807) is 12.1 Å². The van der Waals surface area contributed by atoms with Gasteiger partial charge in [0.25, 0.3) is 0 Å². The molecule has 0 aliphatic heterocycles. The molecule has 0 unspecified atom stereocenters. The second-order valence-corrected chi connectivity index (χ2v) is 6.17. The molecule has 0 amide bonds. The highest BCUT2D eigenvalue weighted by Crippen LogP contribution is 2.31. The van der Waals surface area contributed by atoms with Gasteiger partial charge in [-0.05, 0) is 40.2 Å². The number of rotatable bonds is 1. The molecule has 1 aromatic heterocycles. The van der Waals surface area contributed by atoms with Gasteiger partial charge in [0, 0.05) is 16.1 Å². The lowest BCUT2D eigenvalue weighted by atomic mass is 10.2. The first-order valence-electron chi connectivity index (χ1n) is 5.35. The SMILES string of the molecule is Fc1cc2[nH]c(-c3cc(Br)ccc3Cl)nc2cc1Br. The van der Waals surface area contributed by atoms with Crippen LogP contribution in [0.5, 0.6) is 0 Å². The van der Waals surface area contributed by atoms with Gasteiger partial charge in [-0.25, -0.2) is 9.37 Å². The van der Waals surface area contributed by atoms with E-state index in [0.717, 1.165) is 10.0 Å². The van der Waals surface area contributed by atoms with Crippen molar-refractivity contribution in [2.75, 3.05) is 0 Å². The highest BCUT2D eigenvalue weighted by molar-refractivity contribution is 9.10. The third-order valence-corrected chi connectivity index (χ3v) is 4.14. The number of hydrogen-bond donors (Lipinski definition) is 1. The van der Waals surface area contributed by atoms with E-state index < -0.39 is 0 Å². The fourth-order valence-electron chi connectivity index (χ4n) is 1.81. The van der Waals surface area contributed by atoms with Crippen LogP contribution in [0.4, 0.5) is 4.39 Å². The first-order valence-corrected chi connectivity index (χ1v) is 7.31. The van der Waals surface area contributed by atoms with Gasteiger partial charge in [-0.2, -0.15) is 0 Å². The molecule has 1 N–H and O–H groups in total. The predicted molar refractivity (Wildman–Crippen MR) is 81.9 cm³/mol. The summed E-state index contributed by atoms with van der Waals surface area (Å²) in [5, 5.41) is 0.585. The van der Waals surface area contributed by atoms with Crippen molar-refractivity contribution in [1.29, 1.82) is 0 Å². The van der Waals surface area contributed by atoms with E-state index in [2.05, 4.69) is 41.8 Å². The van der Waals surface area contributed by atoms with Crippen molar-refractivity contribution in [2.24, 2.45) is 0 Å². The molecule has 96 valence electrons. The van der Waals surface area contributed by atoms with E-state index in [1.165, 1.54) is 6.07 Å². The zero-order chi connectivity index (χ0) is 13.6. The molecule has 3 rings (SSSR count). The molecular weight excluding hydrogens is 398 g/mol. The Bertz CT molecular complexity index is 747. The van der Waals surface area contributed by atoms with Gasteiger partial charge in [-0.1, -0.05) is 27.5 Å². The van der Waals surface area contributed by atoms with Crippen LogP contribution in [0.25, 0.3) is 22.4 Å². The van der Waals surface area contributed by atoms with Gasteiger partial charge in [0.05, 0.1) is 20.5 Å². The lowest BCUT2D eigenvalue weighted by Crippen LogP contribution is -1.82. The maximum absolute atomic E-state index is 13.5. The maximum atomic E-state index is 13.5. The van der Waals surface area contributed by atoms with E-state index in [0.29, 0.717) is 26.4 Å². The number of aromatic amines is 1. The van der Waals surface area contributed by atoms with Gasteiger partial charge in [0.15, 0.2) is 0 Å². The van der Waals surface area contributed by atoms with Crippen LogP contribution in [-0.2, 0) is 0 Å². The summed E-state index contributed by atoms with van der Waals surface area (Å²) < 4.78 is 14.8. The minimum Gasteiger partial charge on any atom is -0.338 e. The van der Waals surface area contributed by atoms with Crippen LogP contribution in [-0.4, -0.2) is 9.97 Å². The summed E-state index contributed by atoms with van der Waals surface area (Å²) in [6.07, 6.45) is 0. The largest absolute Gasteiger partial charge is 0.338 e. The molecule has 0 aliphatic carbocycles. The fraction of sp³-hybridized carbons (Fsp3) is 0. The Labute approximate surface area is 130 Å². The number of nitrogens with one attached hydrogen (secondary N) is 1. The van der Waals surface area contributed by atoms with Crippen molar-refractivity contribution in [3.05, 3.63) is 50.1 Å². The number of hydrogen-bond acceptors (Lipinski definition) is 1. The Morgan fingerprint density at radius 2 is 1.95 bits per heavy atom. The van der Waals surface area contributed by atoms with Gasteiger partial charge in [0.2, 0.25) is 0 Å². The van der Waals surface area contributed by atoms with Crippen LogP contribution in [0.1, 0.15) is 0 Å². The van der Waals surface area contributed by atoms with Gasteiger partial charge in [-0.3, -0.25) is 0 Å².